The molecule has 0 aromatic heterocycles. The first-order chi connectivity index (χ1) is 9.66. The van der Waals surface area contributed by atoms with Gasteiger partial charge in [-0.1, -0.05) is 25.7 Å². The maximum absolute atomic E-state index is 12.1. The Kier molecular flexibility index (Phi) is 6.21. The van der Waals surface area contributed by atoms with Crippen molar-refractivity contribution in [3.63, 3.8) is 0 Å². The maximum Gasteiger partial charge on any atom is 0.326 e. The van der Waals surface area contributed by atoms with Gasteiger partial charge < -0.3 is 10.5 Å². The van der Waals surface area contributed by atoms with Crippen LogP contribution < -0.4 is 5.73 Å². The van der Waals surface area contributed by atoms with Crippen molar-refractivity contribution in [2.45, 2.75) is 75.5 Å². The van der Waals surface area contributed by atoms with Gasteiger partial charge in [0.05, 0.1) is 6.61 Å². The average Bonchev–Trinajstić information content (AvgIpc) is 2.83. The summed E-state index contributed by atoms with van der Waals surface area (Å²) in [7, 11) is 0. The molecule has 2 aliphatic rings. The van der Waals surface area contributed by atoms with E-state index < -0.39 is 5.54 Å². The van der Waals surface area contributed by atoms with Gasteiger partial charge in [-0.05, 0) is 50.7 Å². The molecule has 0 bridgehead atoms. The molecule has 2 fully saturated rings. The average molecular weight is 299 g/mol. The summed E-state index contributed by atoms with van der Waals surface area (Å²) in [6.07, 6.45) is 11.0. The predicted molar refractivity (Wildman–Crippen MR) is 84.8 cm³/mol. The smallest absolute Gasteiger partial charge is 0.326 e. The quantitative estimate of drug-likeness (QED) is 0.763. The summed E-state index contributed by atoms with van der Waals surface area (Å²) in [5, 5.41) is 0.847. The molecule has 3 nitrogen and oxygen atoms in total. The minimum Gasteiger partial charge on any atom is -0.465 e. The Hall–Kier alpha value is -0.220. The number of carbonyl (C=O) groups is 1. The second kappa shape index (κ2) is 7.69. The standard InChI is InChI=1S/C16H29NO2S/c1-2-19-15(18)16(17)11-6-7-13(16)10-12-20-14-8-4-3-5-9-14/h13-14H,2-12,17H2,1H3. The summed E-state index contributed by atoms with van der Waals surface area (Å²) in [4.78, 5) is 12.1. The van der Waals surface area contributed by atoms with Crippen LogP contribution in [-0.4, -0.2) is 29.1 Å². The first kappa shape index (κ1) is 16.2. The van der Waals surface area contributed by atoms with Gasteiger partial charge in [0.2, 0.25) is 0 Å². The van der Waals surface area contributed by atoms with Crippen LogP contribution in [0.5, 0.6) is 0 Å². The van der Waals surface area contributed by atoms with Crippen molar-refractivity contribution in [2.24, 2.45) is 11.7 Å². The molecule has 2 N–H and O–H groups in total. The largest absolute Gasteiger partial charge is 0.465 e. The fourth-order valence-electron chi connectivity index (χ4n) is 3.65. The minimum absolute atomic E-state index is 0.176. The van der Waals surface area contributed by atoms with Crippen LogP contribution in [0, 0.1) is 5.92 Å². The highest BCUT2D eigenvalue weighted by Gasteiger charge is 2.46. The predicted octanol–water partition coefficient (Wildman–Crippen LogP) is 3.50. The highest BCUT2D eigenvalue weighted by Crippen LogP contribution is 2.38. The third kappa shape index (κ3) is 3.91. The van der Waals surface area contributed by atoms with Gasteiger partial charge in [0.1, 0.15) is 5.54 Å². The van der Waals surface area contributed by atoms with E-state index in [9.17, 15) is 4.79 Å². The summed E-state index contributed by atoms with van der Waals surface area (Å²) in [5.41, 5.74) is 5.66. The lowest BCUT2D eigenvalue weighted by molar-refractivity contribution is -0.151. The molecule has 4 heteroatoms. The number of thioether (sulfide) groups is 1. The lowest BCUT2D eigenvalue weighted by atomic mass is 9.86. The van der Waals surface area contributed by atoms with Crippen LogP contribution >= 0.6 is 11.8 Å². The molecule has 20 heavy (non-hydrogen) atoms. The van der Waals surface area contributed by atoms with Crippen molar-refractivity contribution in [1.29, 1.82) is 0 Å². The monoisotopic (exact) mass is 299 g/mol. The topological polar surface area (TPSA) is 52.3 Å². The van der Waals surface area contributed by atoms with Crippen molar-refractivity contribution in [3.05, 3.63) is 0 Å². The maximum atomic E-state index is 12.1. The number of hydrogen-bond donors (Lipinski definition) is 1. The Balaban J connectivity index is 1.77. The number of rotatable bonds is 6. The van der Waals surface area contributed by atoms with Gasteiger partial charge in [-0.15, -0.1) is 0 Å². The molecule has 0 radical (unpaired) electrons. The van der Waals surface area contributed by atoms with E-state index in [1.165, 1.54) is 32.1 Å². The summed E-state index contributed by atoms with van der Waals surface area (Å²) in [5.74, 6) is 1.29. The lowest BCUT2D eigenvalue weighted by Crippen LogP contribution is -2.52. The SMILES string of the molecule is CCOC(=O)C1(N)CCCC1CCSC1CCCCC1. The molecule has 2 atom stereocenters. The van der Waals surface area contributed by atoms with Crippen LogP contribution in [0.25, 0.3) is 0 Å². The fraction of sp³-hybridized carbons (Fsp3) is 0.938. The van der Waals surface area contributed by atoms with Crippen LogP contribution in [0.15, 0.2) is 0 Å². The second-order valence-corrected chi connectivity index (χ2v) is 7.68. The molecule has 0 aromatic carbocycles. The number of hydrogen-bond acceptors (Lipinski definition) is 4. The lowest BCUT2D eigenvalue weighted by Gasteiger charge is -2.29. The zero-order valence-corrected chi connectivity index (χ0v) is 13.6. The zero-order valence-electron chi connectivity index (χ0n) is 12.7. The minimum atomic E-state index is -0.705. The van der Waals surface area contributed by atoms with Gasteiger partial charge in [0, 0.05) is 5.25 Å². The molecule has 0 amide bonds. The Morgan fingerprint density at radius 3 is 2.70 bits per heavy atom. The van der Waals surface area contributed by atoms with Crippen molar-refractivity contribution >= 4 is 17.7 Å². The molecular formula is C16H29NO2S. The molecule has 2 saturated carbocycles. The number of carbonyl (C=O) groups excluding carboxylic acids is 1. The molecule has 0 saturated heterocycles. The Bertz CT molecular complexity index is 318. The zero-order chi connectivity index (χ0) is 14.4. The van der Waals surface area contributed by atoms with Gasteiger partial charge in [0.15, 0.2) is 0 Å². The molecule has 0 aliphatic heterocycles. The summed E-state index contributed by atoms with van der Waals surface area (Å²) >= 11 is 2.10. The highest BCUT2D eigenvalue weighted by atomic mass is 32.2. The Morgan fingerprint density at radius 1 is 1.25 bits per heavy atom. The van der Waals surface area contributed by atoms with Crippen LogP contribution in [-0.2, 0) is 9.53 Å². The first-order valence-corrected chi connectivity index (χ1v) is 9.29. The third-order valence-corrected chi connectivity index (χ3v) is 6.31. The van der Waals surface area contributed by atoms with E-state index in [0.29, 0.717) is 12.5 Å². The van der Waals surface area contributed by atoms with Gasteiger partial charge in [-0.3, -0.25) is 4.79 Å². The second-order valence-electron chi connectivity index (χ2n) is 6.27. The summed E-state index contributed by atoms with van der Waals surface area (Å²) in [6, 6.07) is 0. The van der Waals surface area contributed by atoms with E-state index in [1.807, 2.05) is 6.92 Å². The fourth-order valence-corrected chi connectivity index (χ4v) is 5.07. The number of nitrogens with two attached hydrogens (primary N) is 1. The molecule has 0 aromatic rings. The summed E-state index contributed by atoms with van der Waals surface area (Å²) in [6.45, 7) is 2.28. The van der Waals surface area contributed by atoms with E-state index >= 15 is 0 Å². The van der Waals surface area contributed by atoms with Crippen LogP contribution in [0.1, 0.15) is 64.7 Å². The third-order valence-electron chi connectivity index (χ3n) is 4.90. The number of ether oxygens (including phenoxy) is 1. The summed E-state index contributed by atoms with van der Waals surface area (Å²) < 4.78 is 5.18. The van der Waals surface area contributed by atoms with Crippen molar-refractivity contribution < 1.29 is 9.53 Å². The van der Waals surface area contributed by atoms with E-state index in [2.05, 4.69) is 11.8 Å². The first-order valence-electron chi connectivity index (χ1n) is 8.24. The van der Waals surface area contributed by atoms with Crippen LogP contribution in [0.3, 0.4) is 0 Å². The van der Waals surface area contributed by atoms with E-state index in [-0.39, 0.29) is 5.97 Å². The van der Waals surface area contributed by atoms with Crippen molar-refractivity contribution in [1.82, 2.24) is 0 Å². The van der Waals surface area contributed by atoms with E-state index in [4.69, 9.17) is 10.5 Å². The molecule has 2 aliphatic carbocycles. The molecular weight excluding hydrogens is 270 g/mol. The van der Waals surface area contributed by atoms with Gasteiger partial charge in [-0.25, -0.2) is 0 Å². The molecule has 0 heterocycles. The van der Waals surface area contributed by atoms with E-state index in [1.54, 1.807) is 0 Å². The van der Waals surface area contributed by atoms with E-state index in [0.717, 1.165) is 36.7 Å². The Labute approximate surface area is 127 Å². The molecule has 2 unspecified atom stereocenters. The molecule has 116 valence electrons. The van der Waals surface area contributed by atoms with Crippen molar-refractivity contribution in [3.8, 4) is 0 Å². The van der Waals surface area contributed by atoms with Gasteiger partial charge in [-0.2, -0.15) is 11.8 Å². The van der Waals surface area contributed by atoms with Gasteiger partial charge >= 0.3 is 5.97 Å². The Morgan fingerprint density at radius 2 is 2.00 bits per heavy atom. The molecule has 2 rings (SSSR count). The van der Waals surface area contributed by atoms with Crippen LogP contribution in [0.2, 0.25) is 0 Å². The highest BCUT2D eigenvalue weighted by molar-refractivity contribution is 7.99. The van der Waals surface area contributed by atoms with Gasteiger partial charge in [0.25, 0.3) is 0 Å². The molecule has 0 spiro atoms. The number of esters is 1. The van der Waals surface area contributed by atoms with Crippen LogP contribution in [0.4, 0.5) is 0 Å². The normalized spacial score (nSPS) is 31.4. The van der Waals surface area contributed by atoms with Crippen molar-refractivity contribution in [2.75, 3.05) is 12.4 Å².